The minimum absolute atomic E-state index is 0.243. The molecule has 0 bridgehead atoms. The van der Waals surface area contributed by atoms with Crippen LogP contribution in [0, 0.1) is 13.8 Å². The van der Waals surface area contributed by atoms with Crippen molar-refractivity contribution in [3.63, 3.8) is 0 Å². The number of carboxylic acids is 1. The van der Waals surface area contributed by atoms with E-state index >= 15 is 0 Å². The van der Waals surface area contributed by atoms with Gasteiger partial charge in [-0.2, -0.15) is 5.10 Å². The molecule has 0 radical (unpaired) electrons. The lowest BCUT2D eigenvalue weighted by Crippen LogP contribution is -2.14. The number of benzene rings is 2. The smallest absolute Gasteiger partial charge is 0.341 e. The molecule has 7 heteroatoms. The number of anilines is 1. The van der Waals surface area contributed by atoms with Gasteiger partial charge in [0.15, 0.2) is 6.61 Å². The van der Waals surface area contributed by atoms with Gasteiger partial charge in [0, 0.05) is 23.2 Å². The minimum Gasteiger partial charge on any atom is -0.481 e. The summed E-state index contributed by atoms with van der Waals surface area (Å²) in [5.74, 6) is -0.799. The van der Waals surface area contributed by atoms with Gasteiger partial charge in [0.25, 0.3) is 5.91 Å². The summed E-state index contributed by atoms with van der Waals surface area (Å²) >= 11 is 0. The Bertz CT molecular complexity index is 1000. The SMILES string of the molecule is CCn1ncc2ccc(NC(=O)c3cc(C)c(OCC(=O)O)c(C)c3)cc21. The summed E-state index contributed by atoms with van der Waals surface area (Å²) in [5.41, 5.74) is 3.54. The van der Waals surface area contributed by atoms with Crippen LogP contribution in [0.3, 0.4) is 0 Å². The highest BCUT2D eigenvalue weighted by atomic mass is 16.5. The first-order chi connectivity index (χ1) is 12.9. The maximum atomic E-state index is 12.7. The molecule has 2 N–H and O–H groups in total. The molecule has 27 heavy (non-hydrogen) atoms. The van der Waals surface area contributed by atoms with Crippen molar-refractivity contribution in [2.75, 3.05) is 11.9 Å². The molecule has 2 aromatic carbocycles. The Morgan fingerprint density at radius 2 is 1.89 bits per heavy atom. The summed E-state index contributed by atoms with van der Waals surface area (Å²) in [7, 11) is 0. The number of rotatable bonds is 6. The Labute approximate surface area is 156 Å². The number of fused-ring (bicyclic) bond motifs is 1. The zero-order valence-electron chi connectivity index (χ0n) is 15.4. The van der Waals surface area contributed by atoms with Crippen LogP contribution in [0.25, 0.3) is 10.9 Å². The summed E-state index contributed by atoms with van der Waals surface area (Å²) in [5, 5.41) is 17.0. The van der Waals surface area contributed by atoms with E-state index in [9.17, 15) is 9.59 Å². The molecule has 0 aliphatic rings. The number of aliphatic carboxylic acids is 1. The number of ether oxygens (including phenoxy) is 1. The number of hydrogen-bond donors (Lipinski definition) is 2. The Morgan fingerprint density at radius 3 is 2.52 bits per heavy atom. The van der Waals surface area contributed by atoms with Crippen LogP contribution in [0.5, 0.6) is 5.75 Å². The van der Waals surface area contributed by atoms with Gasteiger partial charge < -0.3 is 15.2 Å². The highest BCUT2D eigenvalue weighted by molar-refractivity contribution is 6.05. The average molecular weight is 367 g/mol. The number of aromatic nitrogens is 2. The van der Waals surface area contributed by atoms with E-state index in [0.717, 1.165) is 17.4 Å². The van der Waals surface area contributed by atoms with Crippen LogP contribution >= 0.6 is 0 Å². The van der Waals surface area contributed by atoms with Crippen molar-refractivity contribution in [3.05, 3.63) is 53.2 Å². The average Bonchev–Trinajstić information content (AvgIpc) is 3.02. The van der Waals surface area contributed by atoms with Crippen molar-refractivity contribution in [2.45, 2.75) is 27.3 Å². The number of hydrogen-bond acceptors (Lipinski definition) is 4. The van der Waals surface area contributed by atoms with Gasteiger partial charge in [0.2, 0.25) is 0 Å². The lowest BCUT2D eigenvalue weighted by atomic mass is 10.0. The van der Waals surface area contributed by atoms with Gasteiger partial charge in [-0.15, -0.1) is 0 Å². The van der Waals surface area contributed by atoms with Gasteiger partial charge in [-0.25, -0.2) is 4.79 Å². The molecule has 0 aliphatic heterocycles. The highest BCUT2D eigenvalue weighted by Crippen LogP contribution is 2.26. The van der Waals surface area contributed by atoms with Crippen molar-refractivity contribution in [1.82, 2.24) is 9.78 Å². The minimum atomic E-state index is -1.04. The second-order valence-corrected chi connectivity index (χ2v) is 6.31. The number of carboxylic acid groups (broad SMARTS) is 1. The summed E-state index contributed by atoms with van der Waals surface area (Å²) in [6.45, 7) is 5.91. The van der Waals surface area contributed by atoms with Crippen LogP contribution in [0.1, 0.15) is 28.4 Å². The van der Waals surface area contributed by atoms with Crippen LogP contribution in [0.4, 0.5) is 5.69 Å². The van der Waals surface area contributed by atoms with E-state index in [0.29, 0.717) is 28.1 Å². The first kappa shape index (κ1) is 18.4. The van der Waals surface area contributed by atoms with Crippen molar-refractivity contribution in [3.8, 4) is 5.75 Å². The molecule has 0 fully saturated rings. The first-order valence-electron chi connectivity index (χ1n) is 8.61. The number of nitrogens with zero attached hydrogens (tertiary/aromatic N) is 2. The van der Waals surface area contributed by atoms with Crippen LogP contribution in [0.15, 0.2) is 36.5 Å². The molecular formula is C20H21N3O4. The van der Waals surface area contributed by atoms with Crippen LogP contribution in [-0.2, 0) is 11.3 Å². The molecule has 0 unspecified atom stereocenters. The van der Waals surface area contributed by atoms with E-state index in [-0.39, 0.29) is 5.91 Å². The third kappa shape index (κ3) is 3.92. The molecular weight excluding hydrogens is 346 g/mol. The summed E-state index contributed by atoms with van der Waals surface area (Å²) in [4.78, 5) is 23.4. The Kier molecular flexibility index (Phi) is 5.12. The Morgan fingerprint density at radius 1 is 1.19 bits per heavy atom. The number of nitrogens with one attached hydrogen (secondary N) is 1. The van der Waals surface area contributed by atoms with E-state index in [2.05, 4.69) is 10.4 Å². The second-order valence-electron chi connectivity index (χ2n) is 6.31. The van der Waals surface area contributed by atoms with Crippen LogP contribution in [-0.4, -0.2) is 33.4 Å². The third-order valence-electron chi connectivity index (χ3n) is 4.26. The Hall–Kier alpha value is -3.35. The van der Waals surface area contributed by atoms with Gasteiger partial charge in [0.05, 0.1) is 11.7 Å². The summed E-state index contributed by atoms with van der Waals surface area (Å²) in [6.07, 6.45) is 1.80. The van der Waals surface area contributed by atoms with E-state index in [1.54, 1.807) is 32.2 Å². The van der Waals surface area contributed by atoms with Crippen molar-refractivity contribution in [2.24, 2.45) is 0 Å². The molecule has 7 nitrogen and oxygen atoms in total. The Balaban J connectivity index is 1.82. The zero-order valence-corrected chi connectivity index (χ0v) is 15.4. The fourth-order valence-corrected chi connectivity index (χ4v) is 3.05. The number of aryl methyl sites for hydroxylation is 3. The van der Waals surface area contributed by atoms with Crippen LogP contribution < -0.4 is 10.1 Å². The summed E-state index contributed by atoms with van der Waals surface area (Å²) < 4.78 is 7.17. The number of carbonyl (C=O) groups excluding carboxylic acids is 1. The molecule has 3 aromatic rings. The molecule has 0 spiro atoms. The lowest BCUT2D eigenvalue weighted by molar-refractivity contribution is -0.139. The molecule has 0 aliphatic carbocycles. The first-order valence-corrected chi connectivity index (χ1v) is 8.61. The third-order valence-corrected chi connectivity index (χ3v) is 4.26. The fourth-order valence-electron chi connectivity index (χ4n) is 3.05. The molecule has 140 valence electrons. The van der Waals surface area contributed by atoms with E-state index in [1.165, 1.54) is 0 Å². The van der Waals surface area contributed by atoms with E-state index in [4.69, 9.17) is 9.84 Å². The quantitative estimate of drug-likeness (QED) is 0.696. The number of amides is 1. The second kappa shape index (κ2) is 7.49. The maximum absolute atomic E-state index is 12.7. The predicted octanol–water partition coefficient (Wildman–Crippen LogP) is 3.39. The maximum Gasteiger partial charge on any atom is 0.341 e. The van der Waals surface area contributed by atoms with Gasteiger partial charge in [-0.05, 0) is 62.2 Å². The molecule has 0 saturated carbocycles. The van der Waals surface area contributed by atoms with Crippen molar-refractivity contribution in [1.29, 1.82) is 0 Å². The van der Waals surface area contributed by atoms with Crippen LogP contribution in [0.2, 0.25) is 0 Å². The zero-order chi connectivity index (χ0) is 19.6. The largest absolute Gasteiger partial charge is 0.481 e. The molecule has 0 saturated heterocycles. The van der Waals surface area contributed by atoms with Crippen molar-refractivity contribution >= 4 is 28.5 Å². The fraction of sp³-hybridized carbons (Fsp3) is 0.250. The topological polar surface area (TPSA) is 93.5 Å². The predicted molar refractivity (Wildman–Crippen MR) is 102 cm³/mol. The highest BCUT2D eigenvalue weighted by Gasteiger charge is 2.13. The molecule has 3 rings (SSSR count). The van der Waals surface area contributed by atoms with Gasteiger partial charge >= 0.3 is 5.97 Å². The molecule has 1 heterocycles. The molecule has 1 amide bonds. The number of carbonyl (C=O) groups is 2. The van der Waals surface area contributed by atoms with Crippen molar-refractivity contribution < 1.29 is 19.4 Å². The molecule has 1 aromatic heterocycles. The van der Waals surface area contributed by atoms with Gasteiger partial charge in [-0.3, -0.25) is 9.48 Å². The van der Waals surface area contributed by atoms with Gasteiger partial charge in [0.1, 0.15) is 5.75 Å². The van der Waals surface area contributed by atoms with E-state index in [1.807, 2.05) is 29.8 Å². The summed E-state index contributed by atoms with van der Waals surface area (Å²) in [6, 6.07) is 9.03. The normalized spacial score (nSPS) is 10.8. The standard InChI is InChI=1S/C20H21N3O4/c1-4-23-17-9-16(6-5-14(17)10-21-23)22-20(26)15-7-12(2)19(13(3)8-15)27-11-18(24)25/h5-10H,4,11H2,1-3H3,(H,22,26)(H,24,25). The molecule has 0 atom stereocenters. The van der Waals surface area contributed by atoms with E-state index < -0.39 is 12.6 Å². The van der Waals surface area contributed by atoms with Gasteiger partial charge in [-0.1, -0.05) is 0 Å². The monoisotopic (exact) mass is 367 g/mol. The lowest BCUT2D eigenvalue weighted by Gasteiger charge is -2.13.